The highest BCUT2D eigenvalue weighted by atomic mass is 33.1. The molecule has 0 saturated heterocycles. The van der Waals surface area contributed by atoms with Gasteiger partial charge in [-0.2, -0.15) is 0 Å². The summed E-state index contributed by atoms with van der Waals surface area (Å²) in [5.41, 5.74) is 0. The quantitative estimate of drug-likeness (QED) is 0.0682. The van der Waals surface area contributed by atoms with Crippen molar-refractivity contribution in [3.63, 3.8) is 0 Å². The zero-order valence-electron chi connectivity index (χ0n) is 19.8. The first-order valence-corrected chi connectivity index (χ1v) is 17.9. The Kier molecular flexibility index (Phi) is 29.8. The fraction of sp³-hybridized carbons (Fsp3) is 0.909. The van der Waals surface area contributed by atoms with Crippen molar-refractivity contribution in [3.05, 3.63) is 0 Å². The van der Waals surface area contributed by atoms with Gasteiger partial charge < -0.3 is 8.37 Å². The summed E-state index contributed by atoms with van der Waals surface area (Å²) in [6, 6.07) is 0. The van der Waals surface area contributed by atoms with Gasteiger partial charge in [-0.3, -0.25) is 9.59 Å². The summed E-state index contributed by atoms with van der Waals surface area (Å²) in [7, 11) is 8.92. The van der Waals surface area contributed by atoms with E-state index in [-0.39, 0.29) is 8.89 Å². The zero-order chi connectivity index (χ0) is 23.5. The van der Waals surface area contributed by atoms with Gasteiger partial charge in [0.25, 0.3) is 8.89 Å². The van der Waals surface area contributed by atoms with Crippen molar-refractivity contribution in [3.8, 4) is 0 Å². The second kappa shape index (κ2) is 28.6. The van der Waals surface area contributed by atoms with E-state index in [1.165, 1.54) is 139 Å². The first-order chi connectivity index (χ1) is 15.7. The lowest BCUT2D eigenvalue weighted by Gasteiger charge is -2.04. The molecule has 0 aromatic rings. The summed E-state index contributed by atoms with van der Waals surface area (Å²) in [4.78, 5) is 22.5. The van der Waals surface area contributed by atoms with E-state index in [9.17, 15) is 9.59 Å². The van der Waals surface area contributed by atoms with Gasteiger partial charge in [-0.1, -0.05) is 111 Å². The maximum Gasteiger partial charge on any atom is 0.283 e. The molecule has 0 aliphatic carbocycles. The fourth-order valence-corrected chi connectivity index (χ4v) is 8.20. The number of hydrogen-bond acceptors (Lipinski definition) is 10. The maximum atomic E-state index is 11.2. The molecule has 0 aliphatic heterocycles. The van der Waals surface area contributed by atoms with Crippen molar-refractivity contribution in [2.45, 2.75) is 103 Å². The molecule has 0 rings (SSSR count). The van der Waals surface area contributed by atoms with E-state index in [1.807, 2.05) is 0 Å². The Morgan fingerprint density at radius 3 is 0.969 bits per heavy atom. The van der Waals surface area contributed by atoms with E-state index >= 15 is 0 Å². The topological polar surface area (TPSA) is 52.6 Å². The highest BCUT2D eigenvalue weighted by molar-refractivity contribution is 8.86. The summed E-state index contributed by atoms with van der Waals surface area (Å²) < 4.78 is 9.53. The molecule has 0 N–H and O–H groups in total. The van der Waals surface area contributed by atoms with Crippen LogP contribution < -0.4 is 0 Å². The van der Waals surface area contributed by atoms with Crippen LogP contribution in [0.25, 0.3) is 0 Å². The number of unbranched alkanes of at least 4 members (excludes halogenated alkanes) is 15. The molecule has 0 aliphatic rings. The minimum Gasteiger partial charge on any atom is -0.311 e. The largest absolute Gasteiger partial charge is 0.311 e. The number of carbonyl (C=O) groups excluding carboxylic acids is 2. The van der Waals surface area contributed by atoms with E-state index in [0.29, 0.717) is 0 Å². The monoisotopic (exact) mass is 562 g/mol. The molecule has 0 saturated carbocycles. The molecule has 0 aromatic carbocycles. The lowest BCUT2D eigenvalue weighted by Crippen LogP contribution is -1.85. The van der Waals surface area contributed by atoms with Crippen molar-refractivity contribution < 1.29 is 18.0 Å². The maximum absolute atomic E-state index is 11.2. The molecule has 0 atom stereocenters. The van der Waals surface area contributed by atoms with Crippen LogP contribution in [0, 0.1) is 0 Å². The van der Waals surface area contributed by atoms with Crippen LogP contribution in [0.3, 0.4) is 0 Å². The highest BCUT2D eigenvalue weighted by Crippen LogP contribution is 2.30. The van der Waals surface area contributed by atoms with Gasteiger partial charge in [0.15, 0.2) is 0 Å². The third-order valence-corrected chi connectivity index (χ3v) is 10.9. The Bertz CT molecular complexity index is 391. The summed E-state index contributed by atoms with van der Waals surface area (Å²) in [5, 5.41) is 0. The van der Waals surface area contributed by atoms with Gasteiger partial charge in [0.1, 0.15) is 0 Å². The predicted octanol–water partition coefficient (Wildman–Crippen LogP) is 10.8. The van der Waals surface area contributed by atoms with Crippen LogP contribution in [0.1, 0.15) is 103 Å². The standard InChI is InChI=1S/C22H42O4S6/c1-25-29-21(23)31-27-19-17-15-13-11-9-7-5-3-4-6-8-10-12-14-16-18-20-28-32-22(24)30-26-2/h3-20H2,1-2H3. The second-order valence-electron chi connectivity index (χ2n) is 7.47. The number of carbonyl (C=O) groups is 2. The first-order valence-electron chi connectivity index (χ1n) is 11.8. The Hall–Kier alpha value is 1.36. The number of hydrogen-bond donors (Lipinski definition) is 0. The average molecular weight is 563 g/mol. The smallest absolute Gasteiger partial charge is 0.283 e. The van der Waals surface area contributed by atoms with Crippen LogP contribution in [-0.4, -0.2) is 34.6 Å². The molecule has 0 amide bonds. The lowest BCUT2D eigenvalue weighted by molar-refractivity contribution is 0.274. The molecule has 0 spiro atoms. The number of rotatable bonds is 23. The molecule has 0 radical (unpaired) electrons. The Morgan fingerprint density at radius 2 is 0.719 bits per heavy atom. The second-order valence-corrected chi connectivity index (χ2v) is 14.5. The van der Waals surface area contributed by atoms with E-state index in [2.05, 4.69) is 0 Å². The van der Waals surface area contributed by atoms with Crippen molar-refractivity contribution in [2.24, 2.45) is 0 Å². The van der Waals surface area contributed by atoms with Gasteiger partial charge >= 0.3 is 0 Å². The van der Waals surface area contributed by atoms with Crippen molar-refractivity contribution >= 4 is 76.2 Å². The van der Waals surface area contributed by atoms with E-state index < -0.39 is 0 Å². The summed E-state index contributed by atoms with van der Waals surface area (Å²) in [6.45, 7) is 0. The highest BCUT2D eigenvalue weighted by Gasteiger charge is 2.04. The molecular weight excluding hydrogens is 521 g/mol. The summed E-state index contributed by atoms with van der Waals surface area (Å²) in [5.74, 6) is 2.10. The van der Waals surface area contributed by atoms with Crippen LogP contribution in [0.2, 0.25) is 0 Å². The van der Waals surface area contributed by atoms with Gasteiger partial charge in [0.2, 0.25) is 0 Å². The molecule has 190 valence electrons. The molecule has 0 heterocycles. The lowest BCUT2D eigenvalue weighted by atomic mass is 10.0. The average Bonchev–Trinajstić information content (AvgIpc) is 2.77. The molecule has 0 unspecified atom stereocenters. The van der Waals surface area contributed by atoms with Crippen LogP contribution in [-0.2, 0) is 8.37 Å². The van der Waals surface area contributed by atoms with Gasteiger partial charge in [0.05, 0.1) is 38.3 Å². The van der Waals surface area contributed by atoms with E-state index in [0.717, 1.165) is 35.6 Å². The van der Waals surface area contributed by atoms with Gasteiger partial charge in [-0.25, -0.2) is 0 Å². The first kappa shape index (κ1) is 33.4. The molecule has 10 heteroatoms. The van der Waals surface area contributed by atoms with Gasteiger partial charge in [-0.05, 0) is 34.4 Å². The SMILES string of the molecule is COSC(=O)SSCCCCCCCCCCCCCCCCCCSSC(=O)SOC. The molecule has 32 heavy (non-hydrogen) atoms. The van der Waals surface area contributed by atoms with Gasteiger partial charge in [0, 0.05) is 11.5 Å². The predicted molar refractivity (Wildman–Crippen MR) is 154 cm³/mol. The molecule has 0 bridgehead atoms. The summed E-state index contributed by atoms with van der Waals surface area (Å²) in [6.07, 6.45) is 21.5. The Balaban J connectivity index is 3.08. The van der Waals surface area contributed by atoms with E-state index in [4.69, 9.17) is 8.37 Å². The van der Waals surface area contributed by atoms with Crippen LogP contribution >= 0.6 is 67.3 Å². The third-order valence-electron chi connectivity index (χ3n) is 4.76. The normalized spacial score (nSPS) is 11.2. The third kappa shape index (κ3) is 27.6. The molecule has 0 aromatic heterocycles. The summed E-state index contributed by atoms with van der Waals surface area (Å²) >= 11 is 1.83. The molecule has 4 nitrogen and oxygen atoms in total. The molecular formula is C22H42O4S6. The Morgan fingerprint density at radius 1 is 0.469 bits per heavy atom. The van der Waals surface area contributed by atoms with Crippen LogP contribution in [0.15, 0.2) is 0 Å². The van der Waals surface area contributed by atoms with Crippen LogP contribution in [0.4, 0.5) is 9.59 Å². The van der Waals surface area contributed by atoms with Crippen molar-refractivity contribution in [1.82, 2.24) is 0 Å². The van der Waals surface area contributed by atoms with Gasteiger partial charge in [-0.15, -0.1) is 0 Å². The van der Waals surface area contributed by atoms with Crippen molar-refractivity contribution in [2.75, 3.05) is 25.7 Å². The van der Waals surface area contributed by atoms with Crippen molar-refractivity contribution in [1.29, 1.82) is 0 Å². The Labute approximate surface area is 221 Å². The van der Waals surface area contributed by atoms with Crippen LogP contribution in [0.5, 0.6) is 0 Å². The van der Waals surface area contributed by atoms with E-state index in [1.54, 1.807) is 21.6 Å². The minimum atomic E-state index is 0.0339. The fourth-order valence-electron chi connectivity index (χ4n) is 3.14. The zero-order valence-corrected chi connectivity index (χ0v) is 24.7. The molecule has 0 fully saturated rings. The minimum absolute atomic E-state index is 0.0339.